The predicted molar refractivity (Wildman–Crippen MR) is 112 cm³/mol. The predicted octanol–water partition coefficient (Wildman–Crippen LogP) is 2.85. The second-order valence-corrected chi connectivity index (χ2v) is 6.50. The van der Waals surface area contributed by atoms with Crippen LogP contribution in [0.3, 0.4) is 0 Å². The standard InChI is InChI=1S/C22H25N3O5/c1-15-10-17(16(2)25(15)8-9-28-3)11-18(13-23)22(27)30-14-21(26)24-19-6-5-7-20(12-19)29-4/h5-7,10-12H,8-9,14H2,1-4H3,(H,24,26)/b18-11+. The van der Waals surface area contributed by atoms with Gasteiger partial charge in [0, 0.05) is 36.8 Å². The molecule has 2 rings (SSSR count). The second kappa shape index (κ2) is 10.8. The van der Waals surface area contributed by atoms with Gasteiger partial charge in [0.15, 0.2) is 6.61 Å². The zero-order valence-electron chi connectivity index (χ0n) is 17.5. The highest BCUT2D eigenvalue weighted by molar-refractivity contribution is 6.00. The van der Waals surface area contributed by atoms with Gasteiger partial charge in [0.2, 0.25) is 0 Å². The van der Waals surface area contributed by atoms with Crippen molar-refractivity contribution in [3.63, 3.8) is 0 Å². The number of ether oxygens (including phenoxy) is 3. The van der Waals surface area contributed by atoms with Crippen LogP contribution in [-0.2, 0) is 25.6 Å². The lowest BCUT2D eigenvalue weighted by molar-refractivity contribution is -0.142. The minimum absolute atomic E-state index is 0.184. The maximum Gasteiger partial charge on any atom is 0.349 e. The summed E-state index contributed by atoms with van der Waals surface area (Å²) in [7, 11) is 3.15. The van der Waals surface area contributed by atoms with Gasteiger partial charge in [-0.3, -0.25) is 4.79 Å². The van der Waals surface area contributed by atoms with Crippen molar-refractivity contribution in [2.45, 2.75) is 20.4 Å². The summed E-state index contributed by atoms with van der Waals surface area (Å²) in [5, 5.41) is 12.0. The third kappa shape index (κ3) is 5.96. The number of aryl methyl sites for hydroxylation is 1. The van der Waals surface area contributed by atoms with Gasteiger partial charge < -0.3 is 24.1 Å². The van der Waals surface area contributed by atoms with Crippen molar-refractivity contribution in [1.29, 1.82) is 5.26 Å². The molecule has 0 saturated carbocycles. The average molecular weight is 411 g/mol. The molecule has 0 atom stereocenters. The highest BCUT2D eigenvalue weighted by Gasteiger charge is 2.15. The highest BCUT2D eigenvalue weighted by atomic mass is 16.5. The summed E-state index contributed by atoms with van der Waals surface area (Å²) in [6.07, 6.45) is 1.47. The molecule has 8 heteroatoms. The lowest BCUT2D eigenvalue weighted by Gasteiger charge is -2.08. The van der Waals surface area contributed by atoms with E-state index in [0.717, 1.165) is 17.0 Å². The Balaban J connectivity index is 2.02. The van der Waals surface area contributed by atoms with E-state index < -0.39 is 18.5 Å². The Bertz CT molecular complexity index is 985. The molecular weight excluding hydrogens is 386 g/mol. The lowest BCUT2D eigenvalue weighted by atomic mass is 10.1. The van der Waals surface area contributed by atoms with Gasteiger partial charge in [-0.1, -0.05) is 6.07 Å². The van der Waals surface area contributed by atoms with Crippen molar-refractivity contribution < 1.29 is 23.8 Å². The van der Waals surface area contributed by atoms with Crippen molar-refractivity contribution in [2.24, 2.45) is 0 Å². The number of benzene rings is 1. The number of anilines is 1. The average Bonchev–Trinajstić information content (AvgIpc) is 3.01. The number of nitriles is 1. The molecule has 0 unspecified atom stereocenters. The van der Waals surface area contributed by atoms with E-state index in [1.807, 2.05) is 30.6 Å². The Labute approximate surface area is 175 Å². The molecule has 0 radical (unpaired) electrons. The Morgan fingerprint density at radius 2 is 2.00 bits per heavy atom. The van der Waals surface area contributed by atoms with Gasteiger partial charge in [0.25, 0.3) is 5.91 Å². The normalized spacial score (nSPS) is 11.0. The SMILES string of the molecule is COCCn1c(C)cc(/C=C(\C#N)C(=O)OCC(=O)Nc2cccc(OC)c2)c1C. The molecular formula is C22H25N3O5. The van der Waals surface area contributed by atoms with E-state index in [1.165, 1.54) is 13.2 Å². The third-order valence-electron chi connectivity index (χ3n) is 4.46. The van der Waals surface area contributed by atoms with Gasteiger partial charge in [0.1, 0.15) is 17.4 Å². The molecule has 1 aromatic carbocycles. The summed E-state index contributed by atoms with van der Waals surface area (Å²) in [5.41, 5.74) is 2.95. The molecule has 0 saturated heterocycles. The largest absolute Gasteiger partial charge is 0.497 e. The van der Waals surface area contributed by atoms with Crippen molar-refractivity contribution in [3.8, 4) is 11.8 Å². The Morgan fingerprint density at radius 3 is 2.67 bits per heavy atom. The van der Waals surface area contributed by atoms with E-state index in [-0.39, 0.29) is 5.57 Å². The van der Waals surface area contributed by atoms with Crippen LogP contribution in [0.1, 0.15) is 17.0 Å². The number of aromatic nitrogens is 1. The summed E-state index contributed by atoms with van der Waals surface area (Å²) >= 11 is 0. The summed E-state index contributed by atoms with van der Waals surface area (Å²) in [6.45, 7) is 4.54. The summed E-state index contributed by atoms with van der Waals surface area (Å²) in [4.78, 5) is 24.3. The van der Waals surface area contributed by atoms with E-state index in [1.54, 1.807) is 31.4 Å². The van der Waals surface area contributed by atoms with Crippen LogP contribution in [0.2, 0.25) is 0 Å². The third-order valence-corrected chi connectivity index (χ3v) is 4.46. The Hall–Kier alpha value is -3.57. The smallest absolute Gasteiger partial charge is 0.349 e. The summed E-state index contributed by atoms with van der Waals surface area (Å²) in [5.74, 6) is -0.797. The van der Waals surface area contributed by atoms with E-state index >= 15 is 0 Å². The van der Waals surface area contributed by atoms with E-state index in [4.69, 9.17) is 14.2 Å². The molecule has 0 fully saturated rings. The van der Waals surface area contributed by atoms with Crippen LogP contribution < -0.4 is 10.1 Å². The molecule has 0 aliphatic rings. The van der Waals surface area contributed by atoms with Crippen LogP contribution in [0.5, 0.6) is 5.75 Å². The molecule has 1 aromatic heterocycles. The zero-order chi connectivity index (χ0) is 22.1. The first-order chi connectivity index (χ1) is 14.4. The van der Waals surface area contributed by atoms with Crippen LogP contribution in [0.15, 0.2) is 35.9 Å². The van der Waals surface area contributed by atoms with Gasteiger partial charge in [-0.25, -0.2) is 4.79 Å². The van der Waals surface area contributed by atoms with Gasteiger partial charge in [-0.2, -0.15) is 5.26 Å². The van der Waals surface area contributed by atoms with Crippen LogP contribution in [0.4, 0.5) is 5.69 Å². The number of hydrogen-bond donors (Lipinski definition) is 1. The molecule has 0 aliphatic carbocycles. The van der Waals surface area contributed by atoms with Gasteiger partial charge in [-0.05, 0) is 43.7 Å². The van der Waals surface area contributed by atoms with Gasteiger partial charge >= 0.3 is 5.97 Å². The Morgan fingerprint density at radius 1 is 1.23 bits per heavy atom. The van der Waals surface area contributed by atoms with Crippen LogP contribution in [-0.4, -0.2) is 43.9 Å². The zero-order valence-corrected chi connectivity index (χ0v) is 17.5. The number of nitrogens with zero attached hydrogens (tertiary/aromatic N) is 2. The fourth-order valence-corrected chi connectivity index (χ4v) is 2.90. The molecule has 30 heavy (non-hydrogen) atoms. The first-order valence-corrected chi connectivity index (χ1v) is 9.28. The van der Waals surface area contributed by atoms with Crippen molar-refractivity contribution in [2.75, 3.05) is 32.8 Å². The van der Waals surface area contributed by atoms with E-state index in [9.17, 15) is 14.9 Å². The van der Waals surface area contributed by atoms with Crippen molar-refractivity contribution in [1.82, 2.24) is 4.57 Å². The number of nitrogens with one attached hydrogen (secondary N) is 1. The number of carbonyl (C=O) groups excluding carboxylic acids is 2. The number of esters is 1. The van der Waals surface area contributed by atoms with Crippen LogP contribution in [0, 0.1) is 25.2 Å². The maximum absolute atomic E-state index is 12.3. The molecule has 8 nitrogen and oxygen atoms in total. The number of hydrogen-bond acceptors (Lipinski definition) is 6. The van der Waals surface area contributed by atoms with Crippen LogP contribution in [0.25, 0.3) is 6.08 Å². The van der Waals surface area contributed by atoms with Gasteiger partial charge in [0.05, 0.1) is 13.7 Å². The monoisotopic (exact) mass is 411 g/mol. The number of carbonyl (C=O) groups is 2. The minimum atomic E-state index is -0.861. The Kier molecular flexibility index (Phi) is 8.20. The fourth-order valence-electron chi connectivity index (χ4n) is 2.90. The quantitative estimate of drug-likeness (QED) is 0.387. The summed E-state index contributed by atoms with van der Waals surface area (Å²) in [6, 6.07) is 10.5. The minimum Gasteiger partial charge on any atom is -0.497 e. The fraction of sp³-hybridized carbons (Fsp3) is 0.318. The van der Waals surface area contributed by atoms with Crippen molar-refractivity contribution >= 4 is 23.6 Å². The van der Waals surface area contributed by atoms with E-state index in [2.05, 4.69) is 5.32 Å². The molecule has 0 aliphatic heterocycles. The first-order valence-electron chi connectivity index (χ1n) is 9.28. The molecule has 1 N–H and O–H groups in total. The number of methoxy groups -OCH3 is 2. The molecule has 1 heterocycles. The molecule has 1 amide bonds. The number of rotatable bonds is 9. The van der Waals surface area contributed by atoms with Crippen molar-refractivity contribution in [3.05, 3.63) is 52.9 Å². The first kappa shape index (κ1) is 22.7. The molecule has 2 aromatic rings. The maximum atomic E-state index is 12.3. The van der Waals surface area contributed by atoms with Gasteiger partial charge in [-0.15, -0.1) is 0 Å². The molecule has 158 valence electrons. The lowest BCUT2D eigenvalue weighted by Crippen LogP contribution is -2.21. The van der Waals surface area contributed by atoms with E-state index in [0.29, 0.717) is 24.6 Å². The number of amides is 1. The highest BCUT2D eigenvalue weighted by Crippen LogP contribution is 2.19. The summed E-state index contributed by atoms with van der Waals surface area (Å²) < 4.78 is 17.2. The molecule has 0 bridgehead atoms. The topological polar surface area (TPSA) is 103 Å². The second-order valence-electron chi connectivity index (χ2n) is 6.50. The molecule has 0 spiro atoms. The van der Waals surface area contributed by atoms with Crippen LogP contribution >= 0.6 is 0 Å².